The van der Waals surface area contributed by atoms with Crippen LogP contribution < -0.4 is 5.32 Å². The van der Waals surface area contributed by atoms with E-state index < -0.39 is 0 Å². The van der Waals surface area contributed by atoms with Crippen LogP contribution in [-0.4, -0.2) is 28.5 Å². The van der Waals surface area contributed by atoms with Crippen LogP contribution in [0.1, 0.15) is 19.7 Å². The average Bonchev–Trinajstić information content (AvgIpc) is 2.59. The number of imidazole rings is 1. The largest absolute Gasteiger partial charge is 0.334 e. The third-order valence-corrected chi connectivity index (χ3v) is 3.14. The molecule has 3 nitrogen and oxygen atoms in total. The molecule has 0 saturated heterocycles. The number of rotatable bonds is 6. The first kappa shape index (κ1) is 12.5. The van der Waals surface area contributed by atoms with Gasteiger partial charge in [0.15, 0.2) is 0 Å². The highest BCUT2D eigenvalue weighted by Gasteiger charge is 2.14. The summed E-state index contributed by atoms with van der Waals surface area (Å²) >= 11 is 5.84. The molecule has 0 fully saturated rings. The molecule has 0 amide bonds. The van der Waals surface area contributed by atoms with Crippen LogP contribution in [0, 0.1) is 12.3 Å². The third kappa shape index (κ3) is 4.22. The lowest BCUT2D eigenvalue weighted by atomic mass is 9.97. The van der Waals surface area contributed by atoms with Gasteiger partial charge < -0.3 is 9.88 Å². The molecule has 0 aromatic carbocycles. The van der Waals surface area contributed by atoms with Gasteiger partial charge in [-0.2, -0.15) is 0 Å². The monoisotopic (exact) mass is 229 g/mol. The molecule has 1 rings (SSSR count). The molecule has 86 valence electrons. The zero-order valence-corrected chi connectivity index (χ0v) is 10.5. The second-order valence-electron chi connectivity index (χ2n) is 4.64. The van der Waals surface area contributed by atoms with E-state index in [0.717, 1.165) is 25.5 Å². The van der Waals surface area contributed by atoms with Crippen LogP contribution in [-0.2, 0) is 6.54 Å². The second-order valence-corrected chi connectivity index (χ2v) is 4.91. The summed E-state index contributed by atoms with van der Waals surface area (Å²) < 4.78 is 2.14. The van der Waals surface area contributed by atoms with Crippen molar-refractivity contribution in [3.63, 3.8) is 0 Å². The van der Waals surface area contributed by atoms with Crippen molar-refractivity contribution in [3.8, 4) is 0 Å². The molecule has 1 heterocycles. The van der Waals surface area contributed by atoms with E-state index in [0.29, 0.717) is 5.88 Å². The van der Waals surface area contributed by atoms with Gasteiger partial charge in [0, 0.05) is 37.9 Å². The summed E-state index contributed by atoms with van der Waals surface area (Å²) in [6.45, 7) is 9.21. The first-order chi connectivity index (χ1) is 7.05. The van der Waals surface area contributed by atoms with Crippen molar-refractivity contribution in [3.05, 3.63) is 18.2 Å². The van der Waals surface area contributed by atoms with E-state index in [4.69, 9.17) is 11.6 Å². The van der Waals surface area contributed by atoms with E-state index in [1.165, 1.54) is 0 Å². The standard InChI is InChI=1S/C11H20ClN3/c1-10-14-5-7-15(10)6-4-13-9-11(2,3)8-12/h5,7,13H,4,6,8-9H2,1-3H3. The van der Waals surface area contributed by atoms with E-state index in [9.17, 15) is 0 Å². The van der Waals surface area contributed by atoms with E-state index in [1.807, 2.05) is 19.3 Å². The Balaban J connectivity index is 2.20. The van der Waals surface area contributed by atoms with E-state index >= 15 is 0 Å². The number of halogens is 1. The minimum absolute atomic E-state index is 0.172. The average molecular weight is 230 g/mol. The van der Waals surface area contributed by atoms with Crippen molar-refractivity contribution in [2.45, 2.75) is 27.3 Å². The number of aryl methyl sites for hydroxylation is 1. The van der Waals surface area contributed by atoms with Crippen LogP contribution in [0.5, 0.6) is 0 Å². The maximum atomic E-state index is 5.84. The van der Waals surface area contributed by atoms with Crippen LogP contribution in [0.25, 0.3) is 0 Å². The fourth-order valence-corrected chi connectivity index (χ4v) is 1.41. The van der Waals surface area contributed by atoms with Crippen molar-refractivity contribution >= 4 is 11.6 Å². The van der Waals surface area contributed by atoms with Gasteiger partial charge in [-0.1, -0.05) is 13.8 Å². The van der Waals surface area contributed by atoms with E-state index in [1.54, 1.807) is 0 Å². The highest BCUT2D eigenvalue weighted by molar-refractivity contribution is 6.18. The molecule has 0 atom stereocenters. The summed E-state index contributed by atoms with van der Waals surface area (Å²) in [5, 5.41) is 3.41. The quantitative estimate of drug-likeness (QED) is 0.598. The molecule has 15 heavy (non-hydrogen) atoms. The molecule has 4 heteroatoms. The molecule has 0 aliphatic heterocycles. The Labute approximate surface area is 96.8 Å². The molecule has 0 saturated carbocycles. The number of nitrogens with zero attached hydrogens (tertiary/aromatic N) is 2. The summed E-state index contributed by atoms with van der Waals surface area (Å²) in [5.41, 5.74) is 0.172. The molecule has 0 radical (unpaired) electrons. The zero-order valence-electron chi connectivity index (χ0n) is 9.76. The van der Waals surface area contributed by atoms with Crippen LogP contribution in [0.4, 0.5) is 0 Å². The Bertz CT molecular complexity index is 294. The fraction of sp³-hybridized carbons (Fsp3) is 0.727. The summed E-state index contributed by atoms with van der Waals surface area (Å²) in [6.07, 6.45) is 3.84. The molecule has 1 aromatic rings. The lowest BCUT2D eigenvalue weighted by Gasteiger charge is -2.21. The van der Waals surface area contributed by atoms with Crippen molar-refractivity contribution in [2.75, 3.05) is 19.0 Å². The maximum Gasteiger partial charge on any atom is 0.105 e. The highest BCUT2D eigenvalue weighted by Crippen LogP contribution is 2.14. The van der Waals surface area contributed by atoms with E-state index in [2.05, 4.69) is 28.7 Å². The van der Waals surface area contributed by atoms with Gasteiger partial charge in [-0.3, -0.25) is 0 Å². The summed E-state index contributed by atoms with van der Waals surface area (Å²) in [4.78, 5) is 4.17. The Kier molecular flexibility index (Phi) is 4.61. The molecule has 1 aromatic heterocycles. The molecular formula is C11H20ClN3. The first-order valence-corrected chi connectivity index (χ1v) is 5.83. The van der Waals surface area contributed by atoms with Gasteiger partial charge >= 0.3 is 0 Å². The Morgan fingerprint density at radius 1 is 1.53 bits per heavy atom. The van der Waals surface area contributed by atoms with E-state index in [-0.39, 0.29) is 5.41 Å². The Morgan fingerprint density at radius 2 is 2.27 bits per heavy atom. The lowest BCUT2D eigenvalue weighted by molar-refractivity contribution is 0.381. The summed E-state index contributed by atoms with van der Waals surface area (Å²) in [6, 6.07) is 0. The number of alkyl halides is 1. The van der Waals surface area contributed by atoms with Gasteiger partial charge in [0.25, 0.3) is 0 Å². The van der Waals surface area contributed by atoms with Gasteiger partial charge in [-0.05, 0) is 12.3 Å². The third-order valence-electron chi connectivity index (χ3n) is 2.42. The van der Waals surface area contributed by atoms with Crippen LogP contribution in [0.15, 0.2) is 12.4 Å². The Hall–Kier alpha value is -0.540. The minimum atomic E-state index is 0.172. The van der Waals surface area contributed by atoms with Gasteiger partial charge in [0.05, 0.1) is 0 Å². The molecule has 0 aliphatic carbocycles. The second kappa shape index (κ2) is 5.52. The predicted octanol–water partition coefficient (Wildman–Crippen LogP) is 2.05. The van der Waals surface area contributed by atoms with Crippen molar-refractivity contribution in [1.29, 1.82) is 0 Å². The van der Waals surface area contributed by atoms with Crippen LogP contribution in [0.2, 0.25) is 0 Å². The molecule has 0 bridgehead atoms. The molecule has 0 aliphatic rings. The molecule has 1 N–H and O–H groups in total. The summed E-state index contributed by atoms with van der Waals surface area (Å²) in [5.74, 6) is 1.75. The number of hydrogen-bond donors (Lipinski definition) is 1. The smallest absolute Gasteiger partial charge is 0.105 e. The van der Waals surface area contributed by atoms with Gasteiger partial charge in [-0.25, -0.2) is 4.98 Å². The van der Waals surface area contributed by atoms with Crippen molar-refractivity contribution in [2.24, 2.45) is 5.41 Å². The topological polar surface area (TPSA) is 29.9 Å². The number of aromatic nitrogens is 2. The fourth-order valence-electron chi connectivity index (χ4n) is 1.31. The molecular weight excluding hydrogens is 210 g/mol. The first-order valence-electron chi connectivity index (χ1n) is 5.29. The van der Waals surface area contributed by atoms with Crippen LogP contribution >= 0.6 is 11.6 Å². The predicted molar refractivity (Wildman–Crippen MR) is 64.3 cm³/mol. The summed E-state index contributed by atoms with van der Waals surface area (Å²) in [7, 11) is 0. The maximum absolute atomic E-state index is 5.84. The zero-order chi connectivity index (χ0) is 11.3. The molecule has 0 unspecified atom stereocenters. The SMILES string of the molecule is Cc1nccn1CCNCC(C)(C)CCl. The lowest BCUT2D eigenvalue weighted by Crippen LogP contribution is -2.32. The number of hydrogen-bond acceptors (Lipinski definition) is 2. The minimum Gasteiger partial charge on any atom is -0.334 e. The highest BCUT2D eigenvalue weighted by atomic mass is 35.5. The van der Waals surface area contributed by atoms with Crippen LogP contribution in [0.3, 0.4) is 0 Å². The van der Waals surface area contributed by atoms with Gasteiger partial charge in [0.1, 0.15) is 5.82 Å². The normalized spacial score (nSPS) is 12.0. The Morgan fingerprint density at radius 3 is 2.80 bits per heavy atom. The van der Waals surface area contributed by atoms with Crippen molar-refractivity contribution < 1.29 is 0 Å². The number of nitrogens with one attached hydrogen (secondary N) is 1. The van der Waals surface area contributed by atoms with Gasteiger partial charge in [0.2, 0.25) is 0 Å². The van der Waals surface area contributed by atoms with Gasteiger partial charge in [-0.15, -0.1) is 11.6 Å². The van der Waals surface area contributed by atoms with Crippen molar-refractivity contribution in [1.82, 2.24) is 14.9 Å². The molecule has 0 spiro atoms.